The number of anilines is 1. The van der Waals surface area contributed by atoms with E-state index in [0.717, 1.165) is 5.56 Å². The summed E-state index contributed by atoms with van der Waals surface area (Å²) in [6.07, 6.45) is 1.38. The fraction of sp³-hybridized carbons (Fsp3) is 0.125. The number of amides is 2. The van der Waals surface area contributed by atoms with E-state index in [0.29, 0.717) is 32.2 Å². The maximum Gasteiger partial charge on any atom is 0.271 e. The van der Waals surface area contributed by atoms with Gasteiger partial charge in [0.25, 0.3) is 17.5 Å². The third kappa shape index (κ3) is 7.03. The van der Waals surface area contributed by atoms with Crippen molar-refractivity contribution in [2.24, 2.45) is 5.10 Å². The molecule has 0 spiro atoms. The van der Waals surface area contributed by atoms with Crippen molar-refractivity contribution in [1.29, 1.82) is 0 Å². The predicted octanol–water partition coefficient (Wildman–Crippen LogP) is 5.11. The summed E-state index contributed by atoms with van der Waals surface area (Å²) in [6.45, 7) is 1.58. The van der Waals surface area contributed by atoms with E-state index in [1.807, 2.05) is 6.92 Å². The van der Waals surface area contributed by atoms with Crippen LogP contribution in [0, 0.1) is 17.0 Å². The number of carbonyl (C=O) groups is 2. The van der Waals surface area contributed by atoms with Crippen LogP contribution in [0.15, 0.2) is 64.2 Å². The Morgan fingerprint density at radius 1 is 1.17 bits per heavy atom. The molecule has 0 aromatic heterocycles. The van der Waals surface area contributed by atoms with Gasteiger partial charge in [-0.25, -0.2) is 5.43 Å². The van der Waals surface area contributed by atoms with Gasteiger partial charge in [-0.3, -0.25) is 19.7 Å². The number of non-ortho nitro benzene ring substituents is 1. The van der Waals surface area contributed by atoms with E-state index in [-0.39, 0.29) is 23.8 Å². The number of hydrazone groups is 1. The molecule has 36 heavy (non-hydrogen) atoms. The van der Waals surface area contributed by atoms with Crippen LogP contribution in [-0.2, 0) is 4.79 Å². The van der Waals surface area contributed by atoms with Gasteiger partial charge in [0, 0.05) is 28.4 Å². The van der Waals surface area contributed by atoms with Crippen LogP contribution in [0.1, 0.15) is 21.5 Å². The highest BCUT2D eigenvalue weighted by atomic mass is 79.9. The molecule has 186 valence electrons. The first-order valence-electron chi connectivity index (χ1n) is 10.3. The lowest BCUT2D eigenvalue weighted by molar-refractivity contribution is -0.384. The quantitative estimate of drug-likeness (QED) is 0.207. The van der Waals surface area contributed by atoms with Gasteiger partial charge in [0.05, 0.1) is 22.7 Å². The second-order valence-electron chi connectivity index (χ2n) is 7.34. The van der Waals surface area contributed by atoms with Gasteiger partial charge in [0.15, 0.2) is 18.1 Å². The smallest absolute Gasteiger partial charge is 0.271 e. The second kappa shape index (κ2) is 12.1. The molecule has 0 aliphatic heterocycles. The van der Waals surface area contributed by atoms with E-state index in [4.69, 9.17) is 21.1 Å². The van der Waals surface area contributed by atoms with E-state index in [2.05, 4.69) is 31.8 Å². The summed E-state index contributed by atoms with van der Waals surface area (Å²) in [5.41, 5.74) is 4.45. The molecule has 12 heteroatoms. The largest absolute Gasteiger partial charge is 0.493 e. The Bertz CT molecular complexity index is 1330. The number of carbonyl (C=O) groups excluding carboxylic acids is 2. The summed E-state index contributed by atoms with van der Waals surface area (Å²) in [6, 6.07) is 13.6. The molecule has 0 heterocycles. The maximum absolute atomic E-state index is 12.3. The second-order valence-corrected chi connectivity index (χ2v) is 8.60. The molecular weight excluding hydrogens is 556 g/mol. The number of methoxy groups -OCH3 is 1. The highest BCUT2D eigenvalue weighted by Gasteiger charge is 2.14. The van der Waals surface area contributed by atoms with Crippen LogP contribution in [-0.4, -0.2) is 36.7 Å². The maximum atomic E-state index is 12.3. The van der Waals surface area contributed by atoms with Gasteiger partial charge >= 0.3 is 0 Å². The normalized spacial score (nSPS) is 10.7. The number of benzene rings is 3. The number of halogens is 2. The summed E-state index contributed by atoms with van der Waals surface area (Å²) in [4.78, 5) is 34.7. The Morgan fingerprint density at radius 2 is 1.89 bits per heavy atom. The number of rotatable bonds is 9. The molecule has 0 unspecified atom stereocenters. The van der Waals surface area contributed by atoms with Crippen LogP contribution in [0.25, 0.3) is 0 Å². The topological polar surface area (TPSA) is 132 Å². The van der Waals surface area contributed by atoms with Crippen LogP contribution in [0.3, 0.4) is 0 Å². The van der Waals surface area contributed by atoms with E-state index in [1.54, 1.807) is 30.3 Å². The van der Waals surface area contributed by atoms with Crippen molar-refractivity contribution in [3.8, 4) is 11.5 Å². The van der Waals surface area contributed by atoms with Crippen molar-refractivity contribution in [3.05, 3.63) is 90.9 Å². The monoisotopic (exact) mass is 574 g/mol. The minimum Gasteiger partial charge on any atom is -0.493 e. The Labute approximate surface area is 219 Å². The van der Waals surface area contributed by atoms with Gasteiger partial charge in [0.1, 0.15) is 0 Å². The number of nitro benzene ring substituents is 1. The minimum absolute atomic E-state index is 0.119. The molecule has 3 aromatic carbocycles. The number of hydrogen-bond donors (Lipinski definition) is 2. The Kier molecular flexibility index (Phi) is 8.98. The number of aryl methyl sites for hydroxylation is 1. The van der Waals surface area contributed by atoms with E-state index < -0.39 is 10.8 Å². The van der Waals surface area contributed by atoms with Crippen molar-refractivity contribution in [1.82, 2.24) is 5.43 Å². The summed E-state index contributed by atoms with van der Waals surface area (Å²) in [7, 11) is 1.44. The molecule has 0 aliphatic rings. The molecule has 0 saturated carbocycles. The average molecular weight is 576 g/mol. The highest BCUT2D eigenvalue weighted by Crippen LogP contribution is 2.36. The van der Waals surface area contributed by atoms with Gasteiger partial charge in [-0.1, -0.05) is 17.7 Å². The molecule has 0 fully saturated rings. The SMILES string of the molecule is COc1cc(/C=N/NC(=O)c2ccc([N+](=O)[O-])cc2)cc(Br)c1OCC(=O)Nc1ccc(C)c(Cl)c1. The van der Waals surface area contributed by atoms with E-state index >= 15 is 0 Å². The molecule has 2 amide bonds. The Morgan fingerprint density at radius 3 is 2.53 bits per heavy atom. The molecule has 2 N–H and O–H groups in total. The van der Waals surface area contributed by atoms with Crippen LogP contribution >= 0.6 is 27.5 Å². The molecular formula is C24H20BrClN4O6. The third-order valence-corrected chi connectivity index (χ3v) is 5.77. The average Bonchev–Trinajstić information content (AvgIpc) is 2.85. The molecule has 0 atom stereocenters. The van der Waals surface area contributed by atoms with Crippen LogP contribution in [0.4, 0.5) is 11.4 Å². The van der Waals surface area contributed by atoms with Gasteiger partial charge in [0.2, 0.25) is 0 Å². The van der Waals surface area contributed by atoms with Crippen molar-refractivity contribution < 1.29 is 24.0 Å². The lowest BCUT2D eigenvalue weighted by Crippen LogP contribution is -2.20. The zero-order valence-corrected chi connectivity index (χ0v) is 21.4. The molecule has 3 rings (SSSR count). The molecule has 0 saturated heterocycles. The fourth-order valence-electron chi connectivity index (χ4n) is 2.92. The summed E-state index contributed by atoms with van der Waals surface area (Å²) < 4.78 is 11.5. The summed E-state index contributed by atoms with van der Waals surface area (Å²) in [5, 5.41) is 17.9. The van der Waals surface area contributed by atoms with Gasteiger partial charge < -0.3 is 14.8 Å². The first kappa shape index (κ1) is 26.6. The number of nitro groups is 1. The Balaban J connectivity index is 1.62. The fourth-order valence-corrected chi connectivity index (χ4v) is 3.68. The number of hydrogen-bond acceptors (Lipinski definition) is 7. The zero-order chi connectivity index (χ0) is 26.2. The van der Waals surface area contributed by atoms with E-state index in [1.165, 1.54) is 37.6 Å². The summed E-state index contributed by atoms with van der Waals surface area (Å²) in [5.74, 6) is -0.281. The lowest BCUT2D eigenvalue weighted by Gasteiger charge is -2.13. The lowest BCUT2D eigenvalue weighted by atomic mass is 10.2. The van der Waals surface area contributed by atoms with Crippen molar-refractivity contribution in [2.45, 2.75) is 6.92 Å². The standard InChI is InChI=1S/C24H20BrClN4O6/c1-14-3-6-17(11-20(14)26)28-22(31)13-36-23-19(25)9-15(10-21(23)35-2)12-27-29-24(32)16-4-7-18(8-5-16)30(33)34/h3-12H,13H2,1-2H3,(H,28,31)(H,29,32)/b27-12+. The number of nitrogens with zero attached hydrogens (tertiary/aromatic N) is 2. The first-order valence-corrected chi connectivity index (χ1v) is 11.5. The number of ether oxygens (including phenoxy) is 2. The molecule has 0 radical (unpaired) electrons. The van der Waals surface area contributed by atoms with Gasteiger partial charge in [-0.15, -0.1) is 0 Å². The van der Waals surface area contributed by atoms with Crippen molar-refractivity contribution in [2.75, 3.05) is 19.0 Å². The van der Waals surface area contributed by atoms with Crippen molar-refractivity contribution in [3.63, 3.8) is 0 Å². The van der Waals surface area contributed by atoms with Gasteiger partial charge in [-0.2, -0.15) is 5.10 Å². The molecule has 0 aliphatic carbocycles. The van der Waals surface area contributed by atoms with Crippen LogP contribution in [0.5, 0.6) is 11.5 Å². The summed E-state index contributed by atoms with van der Waals surface area (Å²) >= 11 is 9.48. The van der Waals surface area contributed by atoms with Crippen molar-refractivity contribution >= 4 is 56.9 Å². The highest BCUT2D eigenvalue weighted by molar-refractivity contribution is 9.10. The van der Waals surface area contributed by atoms with Gasteiger partial charge in [-0.05, 0) is 70.4 Å². The molecule has 10 nitrogen and oxygen atoms in total. The predicted molar refractivity (Wildman–Crippen MR) is 139 cm³/mol. The van der Waals surface area contributed by atoms with Crippen LogP contribution < -0.4 is 20.2 Å². The molecule has 3 aromatic rings. The minimum atomic E-state index is -0.551. The third-order valence-electron chi connectivity index (χ3n) is 4.77. The zero-order valence-electron chi connectivity index (χ0n) is 19.1. The molecule has 0 bridgehead atoms. The number of nitrogens with one attached hydrogen (secondary N) is 2. The Hall–Kier alpha value is -3.96. The van der Waals surface area contributed by atoms with E-state index in [9.17, 15) is 19.7 Å². The van der Waals surface area contributed by atoms with Crippen LogP contribution in [0.2, 0.25) is 5.02 Å². The first-order chi connectivity index (χ1) is 17.2.